The van der Waals surface area contributed by atoms with Gasteiger partial charge in [-0.05, 0) is 53.4 Å². The molecule has 1 heterocycles. The van der Waals surface area contributed by atoms with Crippen LogP contribution in [-0.4, -0.2) is 32.2 Å². The predicted octanol–water partition coefficient (Wildman–Crippen LogP) is 3.58. The first kappa shape index (κ1) is 20.5. The van der Waals surface area contributed by atoms with E-state index in [1.165, 1.54) is 6.33 Å². The largest absolute Gasteiger partial charge is 0.508 e. The zero-order valence-electron chi connectivity index (χ0n) is 16.9. The minimum atomic E-state index is -0.226. The maximum Gasteiger partial charge on any atom is 0.261 e. The zero-order valence-corrected chi connectivity index (χ0v) is 16.9. The Morgan fingerprint density at radius 3 is 2.52 bits per heavy atom. The lowest BCUT2D eigenvalue weighted by atomic mass is 10.0. The summed E-state index contributed by atoms with van der Waals surface area (Å²) < 4.78 is 1.55. The standard InChI is InChI=1S/C25H22N2O4/c28-12-10-24(30)20-7-8-23-22(15-20)25(31)27(16-26-23)11-9-17-3-1-4-18(13-17)19-5-2-6-21(29)14-19/h1-8,13-16,28-29H,9-12H2. The zero-order chi connectivity index (χ0) is 21.8. The molecule has 0 unspecified atom stereocenters. The molecule has 0 saturated heterocycles. The summed E-state index contributed by atoms with van der Waals surface area (Å²) in [6.07, 6.45) is 2.18. The molecule has 0 aliphatic heterocycles. The summed E-state index contributed by atoms with van der Waals surface area (Å²) in [4.78, 5) is 29.4. The maximum atomic E-state index is 12.9. The van der Waals surface area contributed by atoms with Crippen LogP contribution in [0.4, 0.5) is 0 Å². The first-order valence-electron chi connectivity index (χ1n) is 10.1. The van der Waals surface area contributed by atoms with Crippen LogP contribution in [0.15, 0.2) is 77.9 Å². The molecule has 0 aliphatic rings. The summed E-state index contributed by atoms with van der Waals surface area (Å²) in [5.41, 5.74) is 3.70. The number of ketones is 1. The lowest BCUT2D eigenvalue weighted by Gasteiger charge is -2.09. The average molecular weight is 414 g/mol. The molecule has 0 spiro atoms. The second kappa shape index (κ2) is 8.93. The van der Waals surface area contributed by atoms with Gasteiger partial charge in [0.1, 0.15) is 5.75 Å². The highest BCUT2D eigenvalue weighted by atomic mass is 16.3. The van der Waals surface area contributed by atoms with Crippen molar-refractivity contribution in [3.63, 3.8) is 0 Å². The number of rotatable bonds is 7. The number of carbonyl (C=O) groups is 1. The molecular formula is C25H22N2O4. The number of carbonyl (C=O) groups excluding carboxylic acids is 1. The van der Waals surface area contributed by atoms with Gasteiger partial charge in [-0.3, -0.25) is 14.2 Å². The third-order valence-corrected chi connectivity index (χ3v) is 5.23. The van der Waals surface area contributed by atoms with E-state index in [2.05, 4.69) is 4.98 Å². The number of aliphatic hydroxyl groups excluding tert-OH is 1. The van der Waals surface area contributed by atoms with E-state index in [-0.39, 0.29) is 30.1 Å². The number of aromatic nitrogens is 2. The molecular weight excluding hydrogens is 392 g/mol. The number of aromatic hydroxyl groups is 1. The Hall–Kier alpha value is -3.77. The molecule has 6 nitrogen and oxygen atoms in total. The van der Waals surface area contributed by atoms with Gasteiger partial charge in [-0.1, -0.05) is 36.4 Å². The van der Waals surface area contributed by atoms with Crippen molar-refractivity contribution < 1.29 is 15.0 Å². The van der Waals surface area contributed by atoms with Gasteiger partial charge in [-0.25, -0.2) is 4.98 Å². The van der Waals surface area contributed by atoms with Gasteiger partial charge in [-0.2, -0.15) is 0 Å². The van der Waals surface area contributed by atoms with E-state index in [0.717, 1.165) is 16.7 Å². The van der Waals surface area contributed by atoms with Crippen LogP contribution in [0.1, 0.15) is 22.3 Å². The Labute approximate surface area is 179 Å². The molecule has 156 valence electrons. The Bertz CT molecular complexity index is 1310. The Morgan fingerprint density at radius 1 is 0.968 bits per heavy atom. The fourth-order valence-electron chi connectivity index (χ4n) is 3.58. The number of aliphatic hydroxyl groups is 1. The lowest BCUT2D eigenvalue weighted by Crippen LogP contribution is -2.22. The third-order valence-electron chi connectivity index (χ3n) is 5.23. The van der Waals surface area contributed by atoms with Crippen molar-refractivity contribution in [3.8, 4) is 16.9 Å². The van der Waals surface area contributed by atoms with Crippen LogP contribution in [0.2, 0.25) is 0 Å². The van der Waals surface area contributed by atoms with Crippen LogP contribution < -0.4 is 5.56 Å². The minimum absolute atomic E-state index is 0.0233. The van der Waals surface area contributed by atoms with Gasteiger partial charge < -0.3 is 10.2 Å². The number of benzene rings is 3. The van der Waals surface area contributed by atoms with E-state index < -0.39 is 0 Å². The topological polar surface area (TPSA) is 92.4 Å². The normalized spacial score (nSPS) is 11.0. The molecule has 6 heteroatoms. The fourth-order valence-corrected chi connectivity index (χ4v) is 3.58. The summed E-state index contributed by atoms with van der Waals surface area (Å²) in [5, 5.41) is 19.1. The quantitative estimate of drug-likeness (QED) is 0.451. The number of Topliss-reactive ketones (excluding diaryl/α,β-unsaturated/α-hetero) is 1. The maximum absolute atomic E-state index is 12.9. The van der Waals surface area contributed by atoms with Crippen LogP contribution in [-0.2, 0) is 13.0 Å². The van der Waals surface area contributed by atoms with Crippen molar-refractivity contribution in [3.05, 3.63) is 94.5 Å². The molecule has 2 N–H and O–H groups in total. The summed E-state index contributed by atoms with van der Waals surface area (Å²) in [6, 6.07) is 19.9. The van der Waals surface area contributed by atoms with Crippen LogP contribution in [0.5, 0.6) is 5.75 Å². The van der Waals surface area contributed by atoms with E-state index in [1.807, 2.05) is 30.3 Å². The van der Waals surface area contributed by atoms with Crippen molar-refractivity contribution in [1.29, 1.82) is 0 Å². The smallest absolute Gasteiger partial charge is 0.261 e. The monoisotopic (exact) mass is 414 g/mol. The molecule has 4 aromatic rings. The van der Waals surface area contributed by atoms with Gasteiger partial charge in [0.05, 0.1) is 23.8 Å². The minimum Gasteiger partial charge on any atom is -0.508 e. The van der Waals surface area contributed by atoms with Gasteiger partial charge in [0.25, 0.3) is 5.56 Å². The van der Waals surface area contributed by atoms with Crippen LogP contribution in [0.3, 0.4) is 0 Å². The SMILES string of the molecule is O=C(CCO)c1ccc2ncn(CCc3cccc(-c4cccc(O)c4)c3)c(=O)c2c1. The summed E-state index contributed by atoms with van der Waals surface area (Å²) in [7, 11) is 0. The highest BCUT2D eigenvalue weighted by Gasteiger charge is 2.10. The van der Waals surface area contributed by atoms with Crippen molar-refractivity contribution in [2.24, 2.45) is 0 Å². The Balaban J connectivity index is 1.58. The number of aryl methyl sites for hydroxylation is 2. The van der Waals surface area contributed by atoms with E-state index in [4.69, 9.17) is 5.11 Å². The van der Waals surface area contributed by atoms with Gasteiger partial charge in [0.2, 0.25) is 0 Å². The van der Waals surface area contributed by atoms with Crippen LogP contribution in [0, 0.1) is 0 Å². The van der Waals surface area contributed by atoms with Gasteiger partial charge in [-0.15, -0.1) is 0 Å². The number of phenols is 1. The van der Waals surface area contributed by atoms with Gasteiger partial charge in [0.15, 0.2) is 5.78 Å². The average Bonchev–Trinajstić information content (AvgIpc) is 2.79. The number of hydrogen-bond donors (Lipinski definition) is 2. The summed E-state index contributed by atoms with van der Waals surface area (Å²) in [5.74, 6) is 0.0106. The van der Waals surface area contributed by atoms with Crippen molar-refractivity contribution in [2.45, 2.75) is 19.4 Å². The highest BCUT2D eigenvalue weighted by molar-refractivity contribution is 5.99. The molecule has 1 aromatic heterocycles. The predicted molar refractivity (Wildman–Crippen MR) is 119 cm³/mol. The van der Waals surface area contributed by atoms with Crippen LogP contribution >= 0.6 is 0 Å². The van der Waals surface area contributed by atoms with Crippen molar-refractivity contribution in [1.82, 2.24) is 9.55 Å². The van der Waals surface area contributed by atoms with Crippen molar-refractivity contribution in [2.75, 3.05) is 6.61 Å². The van der Waals surface area contributed by atoms with Gasteiger partial charge >= 0.3 is 0 Å². The molecule has 0 saturated carbocycles. The molecule has 0 aliphatic carbocycles. The Kier molecular flexibility index (Phi) is 5.91. The molecule has 0 amide bonds. The Morgan fingerprint density at radius 2 is 1.74 bits per heavy atom. The lowest BCUT2D eigenvalue weighted by molar-refractivity contribution is 0.0957. The first-order valence-corrected chi connectivity index (χ1v) is 10.1. The molecule has 0 radical (unpaired) electrons. The second-order valence-corrected chi connectivity index (χ2v) is 7.37. The number of phenolic OH excluding ortho intramolecular Hbond substituents is 1. The molecule has 4 rings (SSSR count). The van der Waals surface area contributed by atoms with E-state index >= 15 is 0 Å². The van der Waals surface area contributed by atoms with Crippen LogP contribution in [0.25, 0.3) is 22.0 Å². The molecule has 31 heavy (non-hydrogen) atoms. The summed E-state index contributed by atoms with van der Waals surface area (Å²) >= 11 is 0. The first-order chi connectivity index (χ1) is 15.0. The molecule has 0 fully saturated rings. The number of nitrogens with zero attached hydrogens (tertiary/aromatic N) is 2. The van der Waals surface area contributed by atoms with Gasteiger partial charge in [0, 0.05) is 18.5 Å². The number of fused-ring (bicyclic) bond motifs is 1. The highest BCUT2D eigenvalue weighted by Crippen LogP contribution is 2.24. The number of hydrogen-bond acceptors (Lipinski definition) is 5. The molecule has 0 bridgehead atoms. The molecule has 0 atom stereocenters. The van der Waals surface area contributed by atoms with E-state index in [1.54, 1.807) is 41.0 Å². The second-order valence-electron chi connectivity index (χ2n) is 7.37. The van der Waals surface area contributed by atoms with Crippen molar-refractivity contribution >= 4 is 16.7 Å². The summed E-state index contributed by atoms with van der Waals surface area (Å²) in [6.45, 7) is 0.218. The van der Waals surface area contributed by atoms with E-state index in [0.29, 0.717) is 29.4 Å². The third kappa shape index (κ3) is 4.54. The molecule has 3 aromatic carbocycles. The fraction of sp³-hybridized carbons (Fsp3) is 0.160. The van der Waals surface area contributed by atoms with E-state index in [9.17, 15) is 14.7 Å².